The minimum atomic E-state index is -0.00583. The van der Waals surface area contributed by atoms with Gasteiger partial charge in [0.25, 0.3) is 0 Å². The van der Waals surface area contributed by atoms with Gasteiger partial charge in [-0.2, -0.15) is 0 Å². The lowest BCUT2D eigenvalue weighted by molar-refractivity contribution is 0.256. The van der Waals surface area contributed by atoms with Crippen molar-refractivity contribution in [2.45, 2.75) is 26.8 Å². The van der Waals surface area contributed by atoms with Crippen LogP contribution >= 0.6 is 0 Å². The standard InChI is InChI=1S/C20H25N5O2/c1-12(2)10-27-16-7-5-14(9-17(16)26-4)13(3)24-19-15-6-8-18(21)25-20(15)23-11-22-19/h5-9,11-13H,10H2,1-4H3,(H3,21,22,23,24,25). The van der Waals surface area contributed by atoms with Gasteiger partial charge in [0.05, 0.1) is 25.1 Å². The third-order valence-electron chi connectivity index (χ3n) is 4.13. The highest BCUT2D eigenvalue weighted by molar-refractivity contribution is 5.87. The van der Waals surface area contributed by atoms with Crippen molar-refractivity contribution < 1.29 is 9.47 Å². The number of nitrogens with zero attached hydrogens (tertiary/aromatic N) is 3. The molecule has 3 N–H and O–H groups in total. The molecule has 0 aliphatic carbocycles. The Morgan fingerprint density at radius 1 is 1.07 bits per heavy atom. The first-order chi connectivity index (χ1) is 13.0. The van der Waals surface area contributed by atoms with E-state index in [-0.39, 0.29) is 6.04 Å². The molecular weight excluding hydrogens is 342 g/mol. The van der Waals surface area contributed by atoms with E-state index >= 15 is 0 Å². The predicted molar refractivity (Wildman–Crippen MR) is 107 cm³/mol. The molecule has 1 aromatic carbocycles. The fourth-order valence-corrected chi connectivity index (χ4v) is 2.69. The Labute approximate surface area is 159 Å². The summed E-state index contributed by atoms with van der Waals surface area (Å²) in [7, 11) is 1.65. The number of anilines is 2. The summed E-state index contributed by atoms with van der Waals surface area (Å²) in [5.74, 6) is 3.04. The van der Waals surface area contributed by atoms with Gasteiger partial charge < -0.3 is 20.5 Å². The molecule has 3 aromatic rings. The second-order valence-electron chi connectivity index (χ2n) is 6.81. The monoisotopic (exact) mass is 367 g/mol. The second kappa shape index (κ2) is 8.07. The van der Waals surface area contributed by atoms with Crippen molar-refractivity contribution in [3.63, 3.8) is 0 Å². The van der Waals surface area contributed by atoms with Gasteiger partial charge in [0.15, 0.2) is 17.1 Å². The summed E-state index contributed by atoms with van der Waals surface area (Å²) in [6, 6.07) is 9.55. The van der Waals surface area contributed by atoms with E-state index in [1.54, 1.807) is 13.2 Å². The van der Waals surface area contributed by atoms with E-state index in [0.717, 1.165) is 16.7 Å². The summed E-state index contributed by atoms with van der Waals surface area (Å²) >= 11 is 0. The number of nitrogen functional groups attached to an aromatic ring is 1. The van der Waals surface area contributed by atoms with Gasteiger partial charge in [-0.15, -0.1) is 0 Å². The van der Waals surface area contributed by atoms with Crippen LogP contribution in [0.3, 0.4) is 0 Å². The van der Waals surface area contributed by atoms with Gasteiger partial charge >= 0.3 is 0 Å². The van der Waals surface area contributed by atoms with Gasteiger partial charge in [-0.1, -0.05) is 19.9 Å². The maximum atomic E-state index is 5.83. The lowest BCUT2D eigenvalue weighted by Crippen LogP contribution is -2.10. The third kappa shape index (κ3) is 4.36. The molecule has 0 aliphatic rings. The molecule has 0 amide bonds. The molecule has 0 spiro atoms. The zero-order chi connectivity index (χ0) is 19.4. The number of ether oxygens (including phenoxy) is 2. The van der Waals surface area contributed by atoms with Crippen LogP contribution in [0, 0.1) is 5.92 Å². The van der Waals surface area contributed by atoms with E-state index < -0.39 is 0 Å². The number of nitrogens with two attached hydrogens (primary N) is 1. The van der Waals surface area contributed by atoms with Gasteiger partial charge in [-0.05, 0) is 42.7 Å². The van der Waals surface area contributed by atoms with E-state index in [0.29, 0.717) is 35.6 Å². The zero-order valence-electron chi connectivity index (χ0n) is 16.1. The molecule has 142 valence electrons. The Morgan fingerprint density at radius 3 is 2.63 bits per heavy atom. The van der Waals surface area contributed by atoms with Crippen LogP contribution in [0.1, 0.15) is 32.4 Å². The summed E-state index contributed by atoms with van der Waals surface area (Å²) in [5, 5.41) is 4.24. The quantitative estimate of drug-likeness (QED) is 0.655. The van der Waals surface area contributed by atoms with Gasteiger partial charge in [0, 0.05) is 0 Å². The Morgan fingerprint density at radius 2 is 1.89 bits per heavy atom. The average Bonchev–Trinajstić information content (AvgIpc) is 2.66. The summed E-state index contributed by atoms with van der Waals surface area (Å²) in [6.45, 7) is 6.93. The lowest BCUT2D eigenvalue weighted by Gasteiger charge is -2.18. The second-order valence-corrected chi connectivity index (χ2v) is 6.81. The highest BCUT2D eigenvalue weighted by atomic mass is 16.5. The molecule has 0 saturated carbocycles. The zero-order valence-corrected chi connectivity index (χ0v) is 16.1. The van der Waals surface area contributed by atoms with Crippen molar-refractivity contribution in [3.05, 3.63) is 42.2 Å². The van der Waals surface area contributed by atoms with Crippen molar-refractivity contribution in [2.75, 3.05) is 24.8 Å². The van der Waals surface area contributed by atoms with Gasteiger partial charge in [0.2, 0.25) is 0 Å². The van der Waals surface area contributed by atoms with Crippen LogP contribution in [0.2, 0.25) is 0 Å². The third-order valence-corrected chi connectivity index (χ3v) is 4.13. The molecule has 2 aromatic heterocycles. The molecule has 0 aliphatic heterocycles. The van der Waals surface area contributed by atoms with Crippen molar-refractivity contribution in [2.24, 2.45) is 5.92 Å². The van der Waals surface area contributed by atoms with Crippen molar-refractivity contribution in [3.8, 4) is 11.5 Å². The maximum absolute atomic E-state index is 5.83. The van der Waals surface area contributed by atoms with Crippen molar-refractivity contribution in [1.29, 1.82) is 0 Å². The largest absolute Gasteiger partial charge is 0.493 e. The number of aromatic nitrogens is 3. The molecule has 1 unspecified atom stereocenters. The molecule has 0 saturated heterocycles. The summed E-state index contributed by atoms with van der Waals surface area (Å²) < 4.78 is 11.3. The van der Waals surface area contributed by atoms with E-state index in [4.69, 9.17) is 15.2 Å². The van der Waals surface area contributed by atoms with Crippen molar-refractivity contribution >= 4 is 22.7 Å². The number of fused-ring (bicyclic) bond motifs is 1. The smallest absolute Gasteiger partial charge is 0.166 e. The molecule has 7 nitrogen and oxygen atoms in total. The first-order valence-corrected chi connectivity index (χ1v) is 8.92. The molecule has 3 rings (SSSR count). The van der Waals surface area contributed by atoms with Crippen LogP contribution in [0.5, 0.6) is 11.5 Å². The number of nitrogens with one attached hydrogen (secondary N) is 1. The maximum Gasteiger partial charge on any atom is 0.166 e. The Balaban J connectivity index is 1.83. The van der Waals surface area contributed by atoms with Crippen LogP contribution in [0.15, 0.2) is 36.7 Å². The molecule has 0 radical (unpaired) electrons. The van der Waals surface area contributed by atoms with Crippen LogP contribution in [0.4, 0.5) is 11.6 Å². The van der Waals surface area contributed by atoms with Crippen LogP contribution in [-0.4, -0.2) is 28.7 Å². The molecular formula is C20H25N5O2. The summed E-state index contributed by atoms with van der Waals surface area (Å²) in [5.41, 5.74) is 7.36. The molecule has 27 heavy (non-hydrogen) atoms. The number of methoxy groups -OCH3 is 1. The first kappa shape index (κ1) is 18.7. The molecule has 0 fully saturated rings. The highest BCUT2D eigenvalue weighted by Crippen LogP contribution is 2.32. The van der Waals surface area contributed by atoms with Crippen LogP contribution < -0.4 is 20.5 Å². The van der Waals surface area contributed by atoms with E-state index in [1.165, 1.54) is 6.33 Å². The number of benzene rings is 1. The Kier molecular flexibility index (Phi) is 5.59. The topological polar surface area (TPSA) is 95.2 Å². The highest BCUT2D eigenvalue weighted by Gasteiger charge is 2.13. The van der Waals surface area contributed by atoms with Gasteiger partial charge in [0.1, 0.15) is 18.0 Å². The SMILES string of the molecule is COc1cc(C(C)Nc2ncnc3nc(N)ccc23)ccc1OCC(C)C. The first-order valence-electron chi connectivity index (χ1n) is 8.92. The van der Waals surface area contributed by atoms with Crippen molar-refractivity contribution in [1.82, 2.24) is 15.0 Å². The van der Waals surface area contributed by atoms with Gasteiger partial charge in [-0.3, -0.25) is 0 Å². The average molecular weight is 367 g/mol. The van der Waals surface area contributed by atoms with E-state index in [9.17, 15) is 0 Å². The van der Waals surface area contributed by atoms with Gasteiger partial charge in [-0.25, -0.2) is 15.0 Å². The number of pyridine rings is 1. The molecule has 0 bridgehead atoms. The van der Waals surface area contributed by atoms with E-state index in [2.05, 4.69) is 41.0 Å². The fourth-order valence-electron chi connectivity index (χ4n) is 2.69. The molecule has 2 heterocycles. The number of hydrogen-bond donors (Lipinski definition) is 2. The van der Waals surface area contributed by atoms with E-state index in [1.807, 2.05) is 24.3 Å². The van der Waals surface area contributed by atoms with Crippen LogP contribution in [0.25, 0.3) is 11.0 Å². The Bertz CT molecular complexity index is 929. The normalized spacial score (nSPS) is 12.2. The summed E-state index contributed by atoms with van der Waals surface area (Å²) in [4.78, 5) is 12.8. The summed E-state index contributed by atoms with van der Waals surface area (Å²) in [6.07, 6.45) is 1.48. The lowest BCUT2D eigenvalue weighted by atomic mass is 10.1. The molecule has 1 atom stereocenters. The minimum Gasteiger partial charge on any atom is -0.493 e. The minimum absolute atomic E-state index is 0.00583. The van der Waals surface area contributed by atoms with Crippen LogP contribution in [-0.2, 0) is 0 Å². The Hall–Kier alpha value is -3.09. The predicted octanol–water partition coefficient (Wildman–Crippen LogP) is 3.82. The molecule has 7 heteroatoms. The fraction of sp³-hybridized carbons (Fsp3) is 0.350. The number of rotatable bonds is 7. The number of hydrogen-bond acceptors (Lipinski definition) is 7.